The van der Waals surface area contributed by atoms with Gasteiger partial charge in [-0.15, -0.1) is 11.3 Å². The zero-order valence-electron chi connectivity index (χ0n) is 17.2. The van der Waals surface area contributed by atoms with Crippen LogP contribution in [0.2, 0.25) is 0 Å². The Labute approximate surface area is 189 Å². The highest BCUT2D eigenvalue weighted by atomic mass is 32.2. The van der Waals surface area contributed by atoms with Crippen LogP contribution in [0.25, 0.3) is 10.2 Å². The fourth-order valence-corrected chi connectivity index (χ4v) is 6.26. The zero-order valence-corrected chi connectivity index (χ0v) is 18.9. The van der Waals surface area contributed by atoms with Gasteiger partial charge < -0.3 is 14.2 Å². The van der Waals surface area contributed by atoms with Gasteiger partial charge in [-0.1, -0.05) is 12.1 Å². The minimum atomic E-state index is -3.68. The smallest absolute Gasteiger partial charge is 0.309 e. The number of rotatable bonds is 5. The van der Waals surface area contributed by atoms with Crippen LogP contribution in [0.4, 0.5) is 0 Å². The Morgan fingerprint density at radius 3 is 2.62 bits per heavy atom. The Bertz CT molecular complexity index is 1220. The van der Waals surface area contributed by atoms with Gasteiger partial charge in [-0.25, -0.2) is 13.4 Å². The topological polar surface area (TPSA) is 95.0 Å². The molecule has 0 amide bonds. The van der Waals surface area contributed by atoms with E-state index in [1.165, 1.54) is 27.8 Å². The van der Waals surface area contributed by atoms with E-state index in [0.717, 1.165) is 15.2 Å². The molecule has 3 heterocycles. The van der Waals surface area contributed by atoms with Crippen LogP contribution in [0, 0.1) is 5.92 Å². The van der Waals surface area contributed by atoms with Crippen molar-refractivity contribution in [1.82, 2.24) is 9.29 Å². The number of esters is 1. The number of hydrogen-bond acceptors (Lipinski definition) is 8. The number of para-hydroxylation sites is 1. The summed E-state index contributed by atoms with van der Waals surface area (Å²) in [5.41, 5.74) is 0.890. The first-order valence-electron chi connectivity index (χ1n) is 10.4. The third kappa shape index (κ3) is 4.17. The number of thiazole rings is 1. The molecule has 0 bridgehead atoms. The lowest BCUT2D eigenvalue weighted by Gasteiger charge is -2.30. The molecular formula is C22H22N2O6S2. The van der Waals surface area contributed by atoms with Crippen LogP contribution in [0.15, 0.2) is 47.4 Å². The van der Waals surface area contributed by atoms with Gasteiger partial charge >= 0.3 is 5.97 Å². The SMILES string of the molecule is O=C(OCc1nc2ccccc2s1)C1CCN(S(=O)(=O)c2ccc3c(c2)OCCO3)CC1. The molecule has 0 spiro atoms. The highest BCUT2D eigenvalue weighted by molar-refractivity contribution is 7.89. The maximum Gasteiger partial charge on any atom is 0.309 e. The fourth-order valence-electron chi connectivity index (χ4n) is 3.90. The molecule has 32 heavy (non-hydrogen) atoms. The summed E-state index contributed by atoms with van der Waals surface area (Å²) in [5, 5.41) is 0.748. The average molecular weight is 475 g/mol. The number of hydrogen-bond donors (Lipinski definition) is 0. The molecule has 2 aliphatic heterocycles. The Morgan fingerprint density at radius 1 is 1.09 bits per heavy atom. The molecule has 0 radical (unpaired) electrons. The molecule has 1 saturated heterocycles. The van der Waals surface area contributed by atoms with E-state index in [1.807, 2.05) is 24.3 Å². The van der Waals surface area contributed by atoms with E-state index in [4.69, 9.17) is 14.2 Å². The van der Waals surface area contributed by atoms with Crippen molar-refractivity contribution in [3.05, 3.63) is 47.5 Å². The highest BCUT2D eigenvalue weighted by Crippen LogP contribution is 2.34. The third-order valence-corrected chi connectivity index (χ3v) is 8.52. The molecule has 10 heteroatoms. The number of carbonyl (C=O) groups is 1. The summed E-state index contributed by atoms with van der Waals surface area (Å²) in [5.74, 6) is 0.354. The monoisotopic (exact) mass is 474 g/mol. The van der Waals surface area contributed by atoms with E-state index < -0.39 is 10.0 Å². The quantitative estimate of drug-likeness (QED) is 0.524. The van der Waals surface area contributed by atoms with E-state index in [9.17, 15) is 13.2 Å². The van der Waals surface area contributed by atoms with Gasteiger partial charge in [0.05, 0.1) is 21.0 Å². The molecule has 0 atom stereocenters. The maximum absolute atomic E-state index is 13.1. The molecule has 8 nitrogen and oxygen atoms in total. The van der Waals surface area contributed by atoms with Crippen LogP contribution in [-0.4, -0.2) is 50.0 Å². The lowest BCUT2D eigenvalue weighted by molar-refractivity contribution is -0.151. The maximum atomic E-state index is 13.1. The first kappa shape index (κ1) is 21.2. The molecular weight excluding hydrogens is 452 g/mol. The van der Waals surface area contributed by atoms with Crippen molar-refractivity contribution in [3.63, 3.8) is 0 Å². The number of nitrogens with zero attached hydrogens (tertiary/aromatic N) is 2. The summed E-state index contributed by atoms with van der Waals surface area (Å²) >= 11 is 1.50. The lowest BCUT2D eigenvalue weighted by atomic mass is 9.98. The van der Waals surface area contributed by atoms with Crippen LogP contribution in [0.5, 0.6) is 11.5 Å². The summed E-state index contributed by atoms with van der Waals surface area (Å²) in [6.45, 7) is 1.49. The normalized spacial score (nSPS) is 17.4. The van der Waals surface area contributed by atoms with Crippen LogP contribution in [0.1, 0.15) is 17.8 Å². The summed E-state index contributed by atoms with van der Waals surface area (Å²) in [6, 6.07) is 12.4. The second-order valence-electron chi connectivity index (χ2n) is 7.67. The molecule has 1 fully saturated rings. The number of benzene rings is 2. The van der Waals surface area contributed by atoms with Crippen molar-refractivity contribution >= 4 is 37.5 Å². The van der Waals surface area contributed by atoms with Gasteiger partial charge in [0.15, 0.2) is 11.5 Å². The minimum absolute atomic E-state index is 0.133. The van der Waals surface area contributed by atoms with Gasteiger partial charge in [0.1, 0.15) is 24.8 Å². The number of sulfonamides is 1. The summed E-state index contributed by atoms with van der Waals surface area (Å²) in [6.07, 6.45) is 0.838. The first-order chi connectivity index (χ1) is 15.5. The average Bonchev–Trinajstić information content (AvgIpc) is 3.25. The molecule has 0 N–H and O–H groups in total. The molecule has 0 saturated carbocycles. The molecule has 0 aliphatic carbocycles. The number of piperidine rings is 1. The van der Waals surface area contributed by atoms with E-state index in [1.54, 1.807) is 6.07 Å². The van der Waals surface area contributed by atoms with E-state index in [0.29, 0.717) is 37.6 Å². The number of fused-ring (bicyclic) bond motifs is 2. The van der Waals surface area contributed by atoms with Crippen molar-refractivity contribution in [2.75, 3.05) is 26.3 Å². The predicted octanol–water partition coefficient (Wildman–Crippen LogP) is 3.21. The molecule has 1 aromatic heterocycles. The number of carbonyl (C=O) groups excluding carboxylic acids is 1. The van der Waals surface area contributed by atoms with Gasteiger partial charge in [-0.05, 0) is 37.1 Å². The number of ether oxygens (including phenoxy) is 3. The van der Waals surface area contributed by atoms with E-state index >= 15 is 0 Å². The standard InChI is InChI=1S/C22H22N2O6S2/c25-22(30-14-21-23-17-3-1-2-4-20(17)31-21)15-7-9-24(10-8-15)32(26,27)16-5-6-18-19(13-16)29-12-11-28-18/h1-6,13,15H,7-12,14H2. The Hall–Kier alpha value is -2.69. The Morgan fingerprint density at radius 2 is 1.84 bits per heavy atom. The van der Waals surface area contributed by atoms with Gasteiger partial charge in [-0.2, -0.15) is 4.31 Å². The summed E-state index contributed by atoms with van der Waals surface area (Å²) in [4.78, 5) is 17.2. The molecule has 2 aliphatic rings. The molecule has 3 aromatic rings. The van der Waals surface area contributed by atoms with Crippen LogP contribution < -0.4 is 9.47 Å². The van der Waals surface area contributed by atoms with Crippen molar-refractivity contribution in [2.45, 2.75) is 24.3 Å². The van der Waals surface area contributed by atoms with Crippen molar-refractivity contribution in [3.8, 4) is 11.5 Å². The van der Waals surface area contributed by atoms with Gasteiger partial charge in [0, 0.05) is 19.2 Å². The fraction of sp³-hybridized carbons (Fsp3) is 0.364. The first-order valence-corrected chi connectivity index (χ1v) is 12.7. The van der Waals surface area contributed by atoms with Crippen LogP contribution >= 0.6 is 11.3 Å². The second kappa shape index (κ2) is 8.68. The van der Waals surface area contributed by atoms with Gasteiger partial charge in [0.25, 0.3) is 0 Å². The van der Waals surface area contributed by atoms with Crippen molar-refractivity contribution < 1.29 is 27.4 Å². The minimum Gasteiger partial charge on any atom is -0.486 e. The highest BCUT2D eigenvalue weighted by Gasteiger charge is 2.33. The van der Waals surface area contributed by atoms with Crippen LogP contribution in [0.3, 0.4) is 0 Å². The number of aromatic nitrogens is 1. The Balaban J connectivity index is 1.18. The summed E-state index contributed by atoms with van der Waals surface area (Å²) < 4.78 is 45.0. The Kier molecular flexibility index (Phi) is 5.75. The predicted molar refractivity (Wildman–Crippen MR) is 118 cm³/mol. The van der Waals surface area contributed by atoms with Crippen molar-refractivity contribution in [1.29, 1.82) is 0 Å². The molecule has 2 aromatic carbocycles. The van der Waals surface area contributed by atoms with Crippen molar-refractivity contribution in [2.24, 2.45) is 5.92 Å². The van der Waals surface area contributed by atoms with E-state index in [-0.39, 0.29) is 36.5 Å². The third-order valence-electron chi connectivity index (χ3n) is 5.61. The second-order valence-corrected chi connectivity index (χ2v) is 10.7. The molecule has 0 unspecified atom stereocenters. The zero-order chi connectivity index (χ0) is 22.1. The largest absolute Gasteiger partial charge is 0.486 e. The summed E-state index contributed by atoms with van der Waals surface area (Å²) in [7, 11) is -3.68. The van der Waals surface area contributed by atoms with Gasteiger partial charge in [0.2, 0.25) is 10.0 Å². The molecule has 5 rings (SSSR count). The lowest BCUT2D eigenvalue weighted by Crippen LogP contribution is -2.40. The van der Waals surface area contributed by atoms with Crippen LogP contribution in [-0.2, 0) is 26.2 Å². The van der Waals surface area contributed by atoms with E-state index in [2.05, 4.69) is 4.98 Å². The van der Waals surface area contributed by atoms with Gasteiger partial charge in [-0.3, -0.25) is 4.79 Å². The molecule has 168 valence electrons.